The Kier molecular flexibility index (Phi) is 3.08. The fourth-order valence-electron chi connectivity index (χ4n) is 1.42. The van der Waals surface area contributed by atoms with E-state index in [0.717, 1.165) is 17.3 Å². The Hall–Kier alpha value is -1.99. The van der Waals surface area contributed by atoms with Crippen molar-refractivity contribution in [1.29, 1.82) is 5.26 Å². The van der Waals surface area contributed by atoms with Crippen LogP contribution in [0.4, 0.5) is 0 Å². The largest absolute Gasteiger partial charge is 0.465 e. The van der Waals surface area contributed by atoms with Crippen LogP contribution in [0.15, 0.2) is 33.1 Å². The Balaban J connectivity index is 1.82. The van der Waals surface area contributed by atoms with Crippen LogP contribution in [-0.2, 0) is 13.1 Å². The average molecular weight is 216 g/mol. The molecule has 0 atom stereocenters. The van der Waals surface area contributed by atoms with Crippen molar-refractivity contribution < 1.29 is 8.83 Å². The van der Waals surface area contributed by atoms with Gasteiger partial charge in [0.05, 0.1) is 13.1 Å². The first-order valence-corrected chi connectivity index (χ1v) is 5.03. The van der Waals surface area contributed by atoms with Gasteiger partial charge in [0.15, 0.2) is 0 Å². The summed E-state index contributed by atoms with van der Waals surface area (Å²) in [4.78, 5) is 0. The zero-order chi connectivity index (χ0) is 11.4. The predicted octanol–water partition coefficient (Wildman–Crippen LogP) is 2.34. The fraction of sp³-hybridized carbons (Fsp3) is 0.250. The summed E-state index contributed by atoms with van der Waals surface area (Å²) in [5.74, 6) is 2.89. The van der Waals surface area contributed by atoms with E-state index in [1.54, 1.807) is 12.1 Å². The second kappa shape index (κ2) is 4.69. The van der Waals surface area contributed by atoms with Gasteiger partial charge in [-0.25, -0.2) is 0 Å². The Morgan fingerprint density at radius 3 is 2.38 bits per heavy atom. The summed E-state index contributed by atoms with van der Waals surface area (Å²) in [5, 5.41) is 11.7. The van der Waals surface area contributed by atoms with E-state index in [0.29, 0.717) is 18.8 Å². The molecule has 2 aromatic heterocycles. The SMILES string of the molecule is Cc1ccc(CNCc2ccc(C#N)o2)o1. The van der Waals surface area contributed by atoms with Crippen molar-refractivity contribution in [2.45, 2.75) is 20.0 Å². The molecule has 16 heavy (non-hydrogen) atoms. The topological polar surface area (TPSA) is 62.1 Å². The number of aryl methyl sites for hydroxylation is 1. The summed E-state index contributed by atoms with van der Waals surface area (Å²) in [5.41, 5.74) is 0. The predicted molar refractivity (Wildman–Crippen MR) is 57.4 cm³/mol. The minimum atomic E-state index is 0.339. The van der Waals surface area contributed by atoms with Gasteiger partial charge in [0.1, 0.15) is 23.3 Å². The van der Waals surface area contributed by atoms with Crippen molar-refractivity contribution in [3.63, 3.8) is 0 Å². The zero-order valence-electron chi connectivity index (χ0n) is 8.99. The van der Waals surface area contributed by atoms with Gasteiger partial charge in [0.25, 0.3) is 0 Å². The minimum Gasteiger partial charge on any atom is -0.465 e. The molecule has 0 saturated heterocycles. The molecule has 0 fully saturated rings. The highest BCUT2D eigenvalue weighted by atomic mass is 16.3. The molecule has 0 aliphatic carbocycles. The molecule has 0 aliphatic rings. The van der Waals surface area contributed by atoms with Crippen LogP contribution < -0.4 is 5.32 Å². The molecule has 0 unspecified atom stereocenters. The Morgan fingerprint density at radius 1 is 1.12 bits per heavy atom. The van der Waals surface area contributed by atoms with Gasteiger partial charge in [-0.2, -0.15) is 5.26 Å². The van der Waals surface area contributed by atoms with Gasteiger partial charge >= 0.3 is 0 Å². The summed E-state index contributed by atoms with van der Waals surface area (Å²) in [7, 11) is 0. The van der Waals surface area contributed by atoms with Crippen molar-refractivity contribution in [2.24, 2.45) is 0 Å². The average Bonchev–Trinajstić information content (AvgIpc) is 2.88. The lowest BCUT2D eigenvalue weighted by Gasteiger charge is -1.99. The lowest BCUT2D eigenvalue weighted by molar-refractivity contribution is 0.437. The van der Waals surface area contributed by atoms with E-state index < -0.39 is 0 Å². The minimum absolute atomic E-state index is 0.339. The van der Waals surface area contributed by atoms with E-state index in [9.17, 15) is 0 Å². The number of hydrogen-bond acceptors (Lipinski definition) is 4. The lowest BCUT2D eigenvalue weighted by Crippen LogP contribution is -2.11. The van der Waals surface area contributed by atoms with Gasteiger partial charge in [0.2, 0.25) is 5.76 Å². The van der Waals surface area contributed by atoms with Crippen LogP contribution in [-0.4, -0.2) is 0 Å². The molecule has 2 rings (SSSR count). The monoisotopic (exact) mass is 216 g/mol. The molecule has 0 radical (unpaired) electrons. The smallest absolute Gasteiger partial charge is 0.203 e. The Morgan fingerprint density at radius 2 is 1.81 bits per heavy atom. The van der Waals surface area contributed by atoms with Gasteiger partial charge < -0.3 is 14.2 Å². The number of nitrogens with one attached hydrogen (secondary N) is 1. The lowest BCUT2D eigenvalue weighted by atomic mass is 10.4. The van der Waals surface area contributed by atoms with Crippen molar-refractivity contribution in [1.82, 2.24) is 5.32 Å². The van der Waals surface area contributed by atoms with Crippen LogP contribution in [0.1, 0.15) is 23.0 Å². The highest BCUT2D eigenvalue weighted by molar-refractivity contribution is 5.19. The molecule has 0 amide bonds. The molecule has 0 bridgehead atoms. The van der Waals surface area contributed by atoms with E-state index in [1.165, 1.54) is 0 Å². The van der Waals surface area contributed by atoms with Crippen molar-refractivity contribution in [3.05, 3.63) is 47.3 Å². The van der Waals surface area contributed by atoms with Crippen LogP contribution in [0.2, 0.25) is 0 Å². The summed E-state index contributed by atoms with van der Waals surface area (Å²) >= 11 is 0. The van der Waals surface area contributed by atoms with Crippen molar-refractivity contribution in [3.8, 4) is 6.07 Å². The number of nitriles is 1. The number of furan rings is 2. The van der Waals surface area contributed by atoms with E-state index in [4.69, 9.17) is 14.1 Å². The molecule has 1 N–H and O–H groups in total. The first-order valence-electron chi connectivity index (χ1n) is 5.03. The van der Waals surface area contributed by atoms with Crippen LogP contribution >= 0.6 is 0 Å². The second-order valence-electron chi connectivity index (χ2n) is 3.49. The molecule has 4 nitrogen and oxygen atoms in total. The molecule has 0 saturated carbocycles. The molecular formula is C12H12N2O2. The van der Waals surface area contributed by atoms with Crippen LogP contribution in [0.5, 0.6) is 0 Å². The zero-order valence-corrected chi connectivity index (χ0v) is 8.99. The first kappa shape index (κ1) is 10.5. The van der Waals surface area contributed by atoms with Crippen LogP contribution in [0, 0.1) is 18.3 Å². The highest BCUT2D eigenvalue weighted by Crippen LogP contribution is 2.08. The normalized spacial score (nSPS) is 10.2. The van der Waals surface area contributed by atoms with Crippen molar-refractivity contribution >= 4 is 0 Å². The van der Waals surface area contributed by atoms with E-state index in [2.05, 4.69) is 5.32 Å². The van der Waals surface area contributed by atoms with Gasteiger partial charge in [0, 0.05) is 0 Å². The summed E-state index contributed by atoms with van der Waals surface area (Å²) in [6, 6.07) is 9.26. The third kappa shape index (κ3) is 2.53. The van der Waals surface area contributed by atoms with Gasteiger partial charge in [-0.05, 0) is 31.2 Å². The third-order valence-electron chi connectivity index (χ3n) is 2.17. The molecule has 2 aromatic rings. The molecule has 4 heteroatoms. The Bertz CT molecular complexity index is 505. The van der Waals surface area contributed by atoms with E-state index in [-0.39, 0.29) is 0 Å². The quantitative estimate of drug-likeness (QED) is 0.852. The Labute approximate surface area is 93.5 Å². The third-order valence-corrected chi connectivity index (χ3v) is 2.17. The van der Waals surface area contributed by atoms with E-state index in [1.807, 2.05) is 25.1 Å². The maximum absolute atomic E-state index is 8.58. The highest BCUT2D eigenvalue weighted by Gasteiger charge is 2.02. The van der Waals surface area contributed by atoms with E-state index >= 15 is 0 Å². The molecule has 82 valence electrons. The molecular weight excluding hydrogens is 204 g/mol. The number of rotatable bonds is 4. The van der Waals surface area contributed by atoms with Gasteiger partial charge in [-0.3, -0.25) is 0 Å². The molecule has 0 spiro atoms. The number of nitrogens with zero attached hydrogens (tertiary/aromatic N) is 1. The van der Waals surface area contributed by atoms with Crippen LogP contribution in [0.3, 0.4) is 0 Å². The van der Waals surface area contributed by atoms with Crippen LogP contribution in [0.25, 0.3) is 0 Å². The summed E-state index contributed by atoms with van der Waals surface area (Å²) in [6.45, 7) is 3.15. The standard InChI is InChI=1S/C12H12N2O2/c1-9-2-3-11(15-9)7-14-8-12-5-4-10(6-13)16-12/h2-5,14H,7-8H2,1H3. The summed E-state index contributed by atoms with van der Waals surface area (Å²) in [6.07, 6.45) is 0. The molecule has 0 aromatic carbocycles. The van der Waals surface area contributed by atoms with Gasteiger partial charge in [-0.1, -0.05) is 0 Å². The molecule has 0 aliphatic heterocycles. The first-order chi connectivity index (χ1) is 7.78. The number of hydrogen-bond donors (Lipinski definition) is 1. The maximum Gasteiger partial charge on any atom is 0.203 e. The molecule has 2 heterocycles. The maximum atomic E-state index is 8.58. The second-order valence-corrected chi connectivity index (χ2v) is 3.49. The van der Waals surface area contributed by atoms with Crippen molar-refractivity contribution in [2.75, 3.05) is 0 Å². The van der Waals surface area contributed by atoms with Gasteiger partial charge in [-0.15, -0.1) is 0 Å². The summed E-state index contributed by atoms with van der Waals surface area (Å²) < 4.78 is 10.6. The fourth-order valence-corrected chi connectivity index (χ4v) is 1.42.